The maximum Gasteiger partial charge on any atom is 0.332 e. The molecule has 9 heteroatoms. The number of anilines is 2. The van der Waals surface area contributed by atoms with Crippen molar-refractivity contribution >= 4 is 28.9 Å². The first-order valence-electron chi connectivity index (χ1n) is 11.4. The van der Waals surface area contributed by atoms with Crippen LogP contribution in [0.4, 0.5) is 11.6 Å². The number of ether oxygens (including phenoxy) is 2. The number of methoxy groups -OCH3 is 2. The van der Waals surface area contributed by atoms with Crippen LogP contribution in [0.5, 0.6) is 11.5 Å². The Hall–Kier alpha value is -4.27. The predicted octanol–water partition coefficient (Wildman–Crippen LogP) is 3.17. The van der Waals surface area contributed by atoms with Gasteiger partial charge in [-0.25, -0.2) is 4.79 Å². The van der Waals surface area contributed by atoms with Crippen molar-refractivity contribution in [1.82, 2.24) is 18.7 Å². The van der Waals surface area contributed by atoms with Crippen LogP contribution in [0.1, 0.15) is 12.0 Å². The van der Waals surface area contributed by atoms with Crippen LogP contribution in [0.3, 0.4) is 0 Å². The van der Waals surface area contributed by atoms with E-state index in [1.165, 1.54) is 9.13 Å². The topological polar surface area (TPSA) is 83.5 Å². The molecule has 0 bridgehead atoms. The standard InChI is InChI=1S/C26H27N5O4/c1-28-23-22(24(32)31(26(28)33)14-7-11-18-9-5-4-6-10-18)30-16-8-15-29(25(30)27-23)20-13-12-19(34-2)17-21(20)35-3/h4-7,9-13,17H,8,14-16H2,1-3H3. The molecule has 0 aliphatic carbocycles. The number of benzene rings is 2. The van der Waals surface area contributed by atoms with Crippen molar-refractivity contribution in [3.63, 3.8) is 0 Å². The lowest BCUT2D eigenvalue weighted by Gasteiger charge is -2.30. The zero-order valence-corrected chi connectivity index (χ0v) is 20.0. The molecule has 35 heavy (non-hydrogen) atoms. The molecule has 0 unspecified atom stereocenters. The first-order chi connectivity index (χ1) is 17.0. The van der Waals surface area contributed by atoms with Gasteiger partial charge >= 0.3 is 5.69 Å². The highest BCUT2D eigenvalue weighted by Gasteiger charge is 2.28. The molecule has 1 aliphatic rings. The van der Waals surface area contributed by atoms with Gasteiger partial charge in [-0.15, -0.1) is 0 Å². The minimum absolute atomic E-state index is 0.173. The van der Waals surface area contributed by atoms with E-state index >= 15 is 0 Å². The number of hydrogen-bond donors (Lipinski definition) is 0. The smallest absolute Gasteiger partial charge is 0.332 e. The third-order valence-corrected chi connectivity index (χ3v) is 6.29. The lowest BCUT2D eigenvalue weighted by molar-refractivity contribution is 0.394. The van der Waals surface area contributed by atoms with Crippen LogP contribution in [-0.2, 0) is 20.1 Å². The second-order valence-electron chi connectivity index (χ2n) is 8.35. The summed E-state index contributed by atoms with van der Waals surface area (Å²) in [4.78, 5) is 33.4. The summed E-state index contributed by atoms with van der Waals surface area (Å²) in [5.74, 6) is 1.94. The Morgan fingerprint density at radius 2 is 1.83 bits per heavy atom. The zero-order chi connectivity index (χ0) is 24.5. The fourth-order valence-corrected chi connectivity index (χ4v) is 4.52. The van der Waals surface area contributed by atoms with E-state index in [2.05, 4.69) is 0 Å². The lowest BCUT2D eigenvalue weighted by Crippen LogP contribution is -2.39. The number of aromatic nitrogens is 4. The summed E-state index contributed by atoms with van der Waals surface area (Å²) in [6.07, 6.45) is 4.54. The third kappa shape index (κ3) is 3.88. The van der Waals surface area contributed by atoms with E-state index in [1.807, 2.05) is 70.1 Å². The maximum absolute atomic E-state index is 13.5. The molecule has 0 spiro atoms. The number of fused-ring (bicyclic) bond motifs is 3. The van der Waals surface area contributed by atoms with Gasteiger partial charge in [0.25, 0.3) is 5.56 Å². The number of rotatable bonds is 6. The van der Waals surface area contributed by atoms with E-state index in [0.717, 1.165) is 17.7 Å². The summed E-state index contributed by atoms with van der Waals surface area (Å²) in [5, 5.41) is 0. The Morgan fingerprint density at radius 1 is 1.03 bits per heavy atom. The van der Waals surface area contributed by atoms with Crippen LogP contribution in [0.2, 0.25) is 0 Å². The lowest BCUT2D eigenvalue weighted by atomic mass is 10.2. The van der Waals surface area contributed by atoms with Crippen LogP contribution in [0.25, 0.3) is 17.2 Å². The Balaban J connectivity index is 1.61. The Labute approximate surface area is 202 Å². The highest BCUT2D eigenvalue weighted by molar-refractivity contribution is 5.78. The second kappa shape index (κ2) is 9.17. The van der Waals surface area contributed by atoms with Gasteiger partial charge in [0.05, 0.1) is 19.9 Å². The third-order valence-electron chi connectivity index (χ3n) is 6.29. The minimum atomic E-state index is -0.399. The van der Waals surface area contributed by atoms with Crippen LogP contribution >= 0.6 is 0 Å². The van der Waals surface area contributed by atoms with E-state index < -0.39 is 5.69 Å². The molecule has 3 heterocycles. The summed E-state index contributed by atoms with van der Waals surface area (Å²) in [6, 6.07) is 15.4. The number of imidazole rings is 1. The molecule has 0 saturated carbocycles. The van der Waals surface area contributed by atoms with Gasteiger partial charge in [-0.3, -0.25) is 13.9 Å². The maximum atomic E-state index is 13.5. The molecule has 180 valence electrons. The normalized spacial score (nSPS) is 13.4. The van der Waals surface area contributed by atoms with Crippen molar-refractivity contribution in [1.29, 1.82) is 0 Å². The Bertz CT molecular complexity index is 1530. The van der Waals surface area contributed by atoms with E-state index in [1.54, 1.807) is 21.3 Å². The first kappa shape index (κ1) is 22.5. The van der Waals surface area contributed by atoms with Crippen molar-refractivity contribution < 1.29 is 9.47 Å². The van der Waals surface area contributed by atoms with Gasteiger partial charge in [0.15, 0.2) is 11.2 Å². The molecule has 0 saturated heterocycles. The van der Waals surface area contributed by atoms with Gasteiger partial charge in [0.2, 0.25) is 5.95 Å². The van der Waals surface area contributed by atoms with Crippen molar-refractivity contribution in [3.8, 4) is 11.5 Å². The quantitative estimate of drug-likeness (QED) is 0.428. The van der Waals surface area contributed by atoms with E-state index in [4.69, 9.17) is 14.5 Å². The molecule has 4 aromatic rings. The van der Waals surface area contributed by atoms with Gasteiger partial charge in [0.1, 0.15) is 11.5 Å². The molecule has 5 rings (SSSR count). The largest absolute Gasteiger partial charge is 0.497 e. The molecular weight excluding hydrogens is 446 g/mol. The molecule has 1 aliphatic heterocycles. The zero-order valence-electron chi connectivity index (χ0n) is 20.0. The second-order valence-corrected chi connectivity index (χ2v) is 8.35. The molecule has 0 N–H and O–H groups in total. The Kier molecular flexibility index (Phi) is 5.90. The molecule has 9 nitrogen and oxygen atoms in total. The summed E-state index contributed by atoms with van der Waals surface area (Å²) in [7, 11) is 4.87. The van der Waals surface area contributed by atoms with Gasteiger partial charge in [-0.05, 0) is 24.1 Å². The summed E-state index contributed by atoms with van der Waals surface area (Å²) in [6.45, 7) is 1.51. The molecule has 2 aromatic carbocycles. The molecule has 0 radical (unpaired) electrons. The fraction of sp³-hybridized carbons (Fsp3) is 0.269. The van der Waals surface area contributed by atoms with Gasteiger partial charge in [-0.1, -0.05) is 42.5 Å². The summed E-state index contributed by atoms with van der Waals surface area (Å²) >= 11 is 0. The number of allylic oxidation sites excluding steroid dienone is 1. The molecular formula is C26H27N5O4. The van der Waals surface area contributed by atoms with Crippen molar-refractivity contribution in [2.75, 3.05) is 25.7 Å². The number of nitrogens with zero attached hydrogens (tertiary/aromatic N) is 5. The monoisotopic (exact) mass is 473 g/mol. The summed E-state index contributed by atoms with van der Waals surface area (Å²) < 4.78 is 15.5. The van der Waals surface area contributed by atoms with E-state index in [-0.39, 0.29) is 12.1 Å². The first-order valence-corrected chi connectivity index (χ1v) is 11.4. The summed E-state index contributed by atoms with van der Waals surface area (Å²) in [5.41, 5.74) is 1.88. The highest BCUT2D eigenvalue weighted by Crippen LogP contribution is 2.38. The van der Waals surface area contributed by atoms with Crippen LogP contribution < -0.4 is 25.6 Å². The van der Waals surface area contributed by atoms with Gasteiger partial charge in [0, 0.05) is 32.7 Å². The molecule has 0 fully saturated rings. The van der Waals surface area contributed by atoms with Crippen molar-refractivity contribution in [3.05, 3.63) is 81.0 Å². The number of aryl methyl sites for hydroxylation is 2. The SMILES string of the molecule is COc1ccc(N2CCCn3c2nc2c3c(=O)n(CC=Cc3ccccc3)c(=O)n2C)c(OC)c1. The average Bonchev–Trinajstić information content (AvgIpc) is 3.30. The molecule has 2 aromatic heterocycles. The van der Waals surface area contributed by atoms with E-state index in [0.29, 0.717) is 41.7 Å². The molecule has 0 amide bonds. The van der Waals surface area contributed by atoms with Crippen LogP contribution in [-0.4, -0.2) is 39.4 Å². The van der Waals surface area contributed by atoms with E-state index in [9.17, 15) is 9.59 Å². The van der Waals surface area contributed by atoms with Crippen LogP contribution in [0.15, 0.2) is 64.2 Å². The fourth-order valence-electron chi connectivity index (χ4n) is 4.52. The van der Waals surface area contributed by atoms with Crippen molar-refractivity contribution in [2.45, 2.75) is 19.5 Å². The van der Waals surface area contributed by atoms with Crippen LogP contribution in [0, 0.1) is 0 Å². The average molecular weight is 474 g/mol. The molecule has 0 atom stereocenters. The highest BCUT2D eigenvalue weighted by atomic mass is 16.5. The van der Waals surface area contributed by atoms with Crippen molar-refractivity contribution in [2.24, 2.45) is 7.05 Å². The van der Waals surface area contributed by atoms with Gasteiger partial charge in [-0.2, -0.15) is 4.98 Å². The Morgan fingerprint density at radius 3 is 2.57 bits per heavy atom. The minimum Gasteiger partial charge on any atom is -0.497 e. The number of hydrogen-bond acceptors (Lipinski definition) is 6. The van der Waals surface area contributed by atoms with Gasteiger partial charge < -0.3 is 18.9 Å². The predicted molar refractivity (Wildman–Crippen MR) is 136 cm³/mol.